The summed E-state index contributed by atoms with van der Waals surface area (Å²) in [5.41, 5.74) is 1.48. The Hall–Kier alpha value is -1.82. The highest BCUT2D eigenvalue weighted by molar-refractivity contribution is 5.83. The number of alkyl halides is 3. The monoisotopic (exact) mass is 380 g/mol. The van der Waals surface area contributed by atoms with E-state index in [1.807, 2.05) is 6.07 Å². The Morgan fingerprint density at radius 2 is 1.81 bits per heavy atom. The zero-order valence-electron chi connectivity index (χ0n) is 15.6. The Morgan fingerprint density at radius 1 is 1.19 bits per heavy atom. The largest absolute Gasteiger partial charge is 0.471 e. The SMILES string of the molecule is CC/C=C\c1ccccc1.O=C(N(C1CC1)C1CC2(CNC2)C1)C(F)(F)F. The van der Waals surface area contributed by atoms with E-state index < -0.39 is 12.1 Å². The highest BCUT2D eigenvalue weighted by Crippen LogP contribution is 2.49. The summed E-state index contributed by atoms with van der Waals surface area (Å²) in [5, 5.41) is 3.14. The van der Waals surface area contributed by atoms with Gasteiger partial charge in [0.2, 0.25) is 0 Å². The van der Waals surface area contributed by atoms with Gasteiger partial charge in [-0.1, -0.05) is 49.4 Å². The maximum atomic E-state index is 12.5. The number of hydrogen-bond donors (Lipinski definition) is 1. The van der Waals surface area contributed by atoms with E-state index in [0.717, 1.165) is 50.1 Å². The number of amides is 1. The van der Waals surface area contributed by atoms with E-state index in [2.05, 4.69) is 48.7 Å². The third-order valence-corrected chi connectivity index (χ3v) is 5.49. The minimum absolute atomic E-state index is 0.153. The van der Waals surface area contributed by atoms with Crippen molar-refractivity contribution in [3.63, 3.8) is 0 Å². The van der Waals surface area contributed by atoms with Crippen LogP contribution in [0.2, 0.25) is 0 Å². The lowest BCUT2D eigenvalue weighted by Crippen LogP contribution is -2.66. The van der Waals surface area contributed by atoms with Crippen molar-refractivity contribution in [1.82, 2.24) is 10.2 Å². The van der Waals surface area contributed by atoms with Crippen molar-refractivity contribution in [2.45, 2.75) is 57.3 Å². The van der Waals surface area contributed by atoms with Gasteiger partial charge in [-0.2, -0.15) is 13.2 Å². The molecule has 1 amide bonds. The van der Waals surface area contributed by atoms with Gasteiger partial charge in [0.05, 0.1) is 0 Å². The van der Waals surface area contributed by atoms with Crippen LogP contribution in [0.25, 0.3) is 6.08 Å². The number of hydrogen-bond acceptors (Lipinski definition) is 2. The summed E-state index contributed by atoms with van der Waals surface area (Å²) in [6, 6.07) is 10.0. The number of nitrogens with zero attached hydrogens (tertiary/aromatic N) is 1. The van der Waals surface area contributed by atoms with Crippen molar-refractivity contribution in [2.75, 3.05) is 13.1 Å². The molecule has 1 aliphatic heterocycles. The Morgan fingerprint density at radius 3 is 2.26 bits per heavy atom. The average molecular weight is 380 g/mol. The molecule has 6 heteroatoms. The summed E-state index contributed by atoms with van der Waals surface area (Å²) in [6.07, 6.45) is 3.61. The van der Waals surface area contributed by atoms with Crippen molar-refractivity contribution in [3.05, 3.63) is 42.0 Å². The zero-order valence-corrected chi connectivity index (χ0v) is 15.6. The molecule has 1 saturated heterocycles. The van der Waals surface area contributed by atoms with Crippen LogP contribution in [0.5, 0.6) is 0 Å². The molecular formula is C21H27F3N2O. The molecule has 1 aromatic carbocycles. The summed E-state index contributed by atoms with van der Waals surface area (Å²) >= 11 is 0. The van der Waals surface area contributed by atoms with Crippen molar-refractivity contribution in [3.8, 4) is 0 Å². The Balaban J connectivity index is 0.000000180. The van der Waals surface area contributed by atoms with E-state index in [9.17, 15) is 18.0 Å². The number of allylic oxidation sites excluding steroid dienone is 1. The van der Waals surface area contributed by atoms with Crippen LogP contribution in [0.1, 0.15) is 44.6 Å². The Bertz CT molecular complexity index is 656. The third kappa shape index (κ3) is 4.92. The van der Waals surface area contributed by atoms with Gasteiger partial charge in [0, 0.05) is 25.2 Å². The Kier molecular flexibility index (Phi) is 5.94. The molecule has 0 aromatic heterocycles. The van der Waals surface area contributed by atoms with Crippen LogP contribution in [0.3, 0.4) is 0 Å². The minimum Gasteiger partial charge on any atom is -0.329 e. The van der Waals surface area contributed by atoms with Crippen LogP contribution in [-0.2, 0) is 4.79 Å². The molecule has 3 nitrogen and oxygen atoms in total. The van der Waals surface area contributed by atoms with Crippen LogP contribution < -0.4 is 5.32 Å². The number of benzene rings is 1. The molecule has 27 heavy (non-hydrogen) atoms. The smallest absolute Gasteiger partial charge is 0.329 e. The van der Waals surface area contributed by atoms with E-state index in [-0.39, 0.29) is 17.5 Å². The predicted octanol–water partition coefficient (Wildman–Crippen LogP) is 4.40. The molecule has 1 heterocycles. The molecule has 0 atom stereocenters. The number of carbonyl (C=O) groups is 1. The highest BCUT2D eigenvalue weighted by Gasteiger charge is 2.57. The second kappa shape index (κ2) is 8.05. The van der Waals surface area contributed by atoms with E-state index >= 15 is 0 Å². The number of rotatable bonds is 4. The highest BCUT2D eigenvalue weighted by atomic mass is 19.4. The van der Waals surface area contributed by atoms with Gasteiger partial charge in [0.15, 0.2) is 0 Å². The van der Waals surface area contributed by atoms with Gasteiger partial charge >= 0.3 is 12.1 Å². The molecule has 1 aromatic rings. The molecule has 148 valence electrons. The first-order valence-electron chi connectivity index (χ1n) is 9.66. The van der Waals surface area contributed by atoms with Gasteiger partial charge < -0.3 is 10.2 Å². The first kappa shape index (κ1) is 19.9. The molecule has 3 aliphatic rings. The predicted molar refractivity (Wildman–Crippen MR) is 100 cm³/mol. The van der Waals surface area contributed by atoms with Gasteiger partial charge in [-0.05, 0) is 43.1 Å². The lowest BCUT2D eigenvalue weighted by molar-refractivity contribution is -0.194. The van der Waals surface area contributed by atoms with E-state index in [0.29, 0.717) is 0 Å². The van der Waals surface area contributed by atoms with Crippen molar-refractivity contribution in [2.24, 2.45) is 5.41 Å². The van der Waals surface area contributed by atoms with E-state index in [4.69, 9.17) is 0 Å². The summed E-state index contributed by atoms with van der Waals surface area (Å²) in [7, 11) is 0. The quantitative estimate of drug-likeness (QED) is 0.840. The third-order valence-electron chi connectivity index (χ3n) is 5.49. The average Bonchev–Trinajstić information content (AvgIpc) is 3.39. The molecule has 3 fully saturated rings. The maximum absolute atomic E-state index is 12.5. The van der Waals surface area contributed by atoms with Crippen molar-refractivity contribution >= 4 is 12.0 Å². The fourth-order valence-electron chi connectivity index (χ4n) is 3.85. The van der Waals surface area contributed by atoms with Crippen molar-refractivity contribution in [1.29, 1.82) is 0 Å². The molecular weight excluding hydrogens is 353 g/mol. The van der Waals surface area contributed by atoms with Gasteiger partial charge in [0.1, 0.15) is 0 Å². The van der Waals surface area contributed by atoms with Crippen LogP contribution in [0.4, 0.5) is 13.2 Å². The fraction of sp³-hybridized carbons (Fsp3) is 0.571. The van der Waals surface area contributed by atoms with Gasteiger partial charge in [0.25, 0.3) is 0 Å². The fourth-order valence-corrected chi connectivity index (χ4v) is 3.85. The van der Waals surface area contributed by atoms with Crippen molar-refractivity contribution < 1.29 is 18.0 Å². The normalized spacial score (nSPS) is 21.2. The lowest BCUT2D eigenvalue weighted by Gasteiger charge is -2.57. The number of nitrogens with one attached hydrogen (secondary N) is 1. The summed E-state index contributed by atoms with van der Waals surface area (Å²) in [5.74, 6) is -1.63. The van der Waals surface area contributed by atoms with E-state index in [1.54, 1.807) is 0 Å². The minimum atomic E-state index is -4.72. The molecule has 1 spiro atoms. The van der Waals surface area contributed by atoms with Gasteiger partial charge in [-0.3, -0.25) is 4.79 Å². The maximum Gasteiger partial charge on any atom is 0.471 e. The Labute approximate surface area is 158 Å². The molecule has 0 bridgehead atoms. The topological polar surface area (TPSA) is 32.3 Å². The van der Waals surface area contributed by atoms with Crippen LogP contribution in [0, 0.1) is 5.41 Å². The number of carbonyl (C=O) groups excluding carboxylic acids is 1. The van der Waals surface area contributed by atoms with Crippen LogP contribution >= 0.6 is 0 Å². The molecule has 1 N–H and O–H groups in total. The molecule has 2 aliphatic carbocycles. The second-order valence-corrected chi connectivity index (χ2v) is 7.83. The summed E-state index contributed by atoms with van der Waals surface area (Å²) < 4.78 is 37.5. The number of halogens is 3. The summed E-state index contributed by atoms with van der Waals surface area (Å²) in [6.45, 7) is 3.92. The molecule has 0 unspecified atom stereocenters. The molecule has 0 radical (unpaired) electrons. The standard InChI is InChI=1S/C11H15F3N2O.C10H12/c12-11(13,14)9(17)16(7-1-2-7)8-3-10(4-8)5-15-6-10;1-2-3-7-10-8-5-4-6-9-10/h7-8,15H,1-6H2;3-9H,2H2,1H3/b;7-3-. The molecule has 2 saturated carbocycles. The summed E-state index contributed by atoms with van der Waals surface area (Å²) in [4.78, 5) is 12.5. The second-order valence-electron chi connectivity index (χ2n) is 7.83. The van der Waals surface area contributed by atoms with Crippen LogP contribution in [0.15, 0.2) is 36.4 Å². The first-order chi connectivity index (χ1) is 12.8. The molecule has 4 rings (SSSR count). The van der Waals surface area contributed by atoms with Crippen LogP contribution in [-0.4, -0.2) is 42.2 Å². The first-order valence-corrected chi connectivity index (χ1v) is 9.66. The van der Waals surface area contributed by atoms with Gasteiger partial charge in [-0.25, -0.2) is 0 Å². The lowest BCUT2D eigenvalue weighted by atomic mass is 9.61. The van der Waals surface area contributed by atoms with Gasteiger partial charge in [-0.15, -0.1) is 0 Å². The zero-order chi connectivity index (χ0) is 19.5. The van der Waals surface area contributed by atoms with E-state index in [1.165, 1.54) is 5.56 Å².